The molecule has 2 aromatic carbocycles. The third-order valence-electron chi connectivity index (χ3n) is 5.18. The number of para-hydroxylation sites is 1. The first kappa shape index (κ1) is 20.6. The molecular formula is C24H28N2O3. The number of nitrogens with zero attached hydrogens (tertiary/aromatic N) is 1. The van der Waals surface area contributed by atoms with Crippen LogP contribution in [0.5, 0.6) is 0 Å². The Morgan fingerprint density at radius 3 is 2.10 bits per heavy atom. The summed E-state index contributed by atoms with van der Waals surface area (Å²) >= 11 is 0. The number of benzene rings is 2. The third-order valence-corrected chi connectivity index (χ3v) is 5.18. The molecule has 1 heterocycles. The topological polar surface area (TPSA) is 75.4 Å². The molecule has 0 aliphatic carbocycles. The Bertz CT molecular complexity index is 1000. The average molecular weight is 392 g/mol. The highest BCUT2D eigenvalue weighted by Crippen LogP contribution is 2.40. The molecule has 0 spiro atoms. The number of anilines is 2. The smallest absolute Gasteiger partial charge is 0.337 e. The summed E-state index contributed by atoms with van der Waals surface area (Å²) in [5.74, 6) is 0.335. The highest BCUT2D eigenvalue weighted by Gasteiger charge is 2.21. The van der Waals surface area contributed by atoms with Crippen LogP contribution in [0, 0.1) is 13.8 Å². The summed E-state index contributed by atoms with van der Waals surface area (Å²) in [6.07, 6.45) is 0. The van der Waals surface area contributed by atoms with Crippen molar-refractivity contribution in [1.29, 1.82) is 0 Å². The van der Waals surface area contributed by atoms with E-state index >= 15 is 0 Å². The van der Waals surface area contributed by atoms with Gasteiger partial charge in [0.05, 0.1) is 16.9 Å². The van der Waals surface area contributed by atoms with Crippen LogP contribution < -0.4 is 5.32 Å². The molecule has 3 rings (SSSR count). The van der Waals surface area contributed by atoms with Crippen LogP contribution in [-0.4, -0.2) is 16.2 Å². The maximum atomic E-state index is 11.7. The van der Waals surface area contributed by atoms with E-state index in [2.05, 4.69) is 50.3 Å². The Kier molecular flexibility index (Phi) is 5.78. The molecule has 0 bridgehead atoms. The number of carboxylic acid groups (broad SMARTS) is 1. The molecule has 0 aliphatic heterocycles. The Labute approximate surface area is 171 Å². The van der Waals surface area contributed by atoms with Crippen LogP contribution in [-0.2, 0) is 0 Å². The lowest BCUT2D eigenvalue weighted by Crippen LogP contribution is -2.08. The number of hydrogen-bond acceptors (Lipinski definition) is 4. The van der Waals surface area contributed by atoms with Crippen LogP contribution in [0.1, 0.15) is 72.5 Å². The molecule has 29 heavy (non-hydrogen) atoms. The molecule has 2 N–H and O–H groups in total. The van der Waals surface area contributed by atoms with Crippen molar-refractivity contribution in [2.24, 2.45) is 0 Å². The molecule has 0 aliphatic rings. The normalized spacial score (nSPS) is 11.3. The Morgan fingerprint density at radius 1 is 1.03 bits per heavy atom. The van der Waals surface area contributed by atoms with Crippen molar-refractivity contribution in [1.82, 2.24) is 5.16 Å². The minimum atomic E-state index is -0.947. The standard InChI is InChI=1S/C24H28N2O3/c1-13(2)19-11-17(22-15(5)26-29-16(22)6)12-20(14(3)4)23(19)25-21-10-8-7-9-18(21)24(27)28/h7-14,25H,1-6H3,(H,27,28). The summed E-state index contributed by atoms with van der Waals surface area (Å²) in [4.78, 5) is 11.7. The lowest BCUT2D eigenvalue weighted by atomic mass is 9.87. The van der Waals surface area contributed by atoms with Gasteiger partial charge >= 0.3 is 5.97 Å². The maximum Gasteiger partial charge on any atom is 0.337 e. The summed E-state index contributed by atoms with van der Waals surface area (Å²) in [6.45, 7) is 12.4. The van der Waals surface area contributed by atoms with Gasteiger partial charge in [-0.2, -0.15) is 0 Å². The van der Waals surface area contributed by atoms with E-state index in [1.54, 1.807) is 18.2 Å². The van der Waals surface area contributed by atoms with Gasteiger partial charge in [-0.3, -0.25) is 0 Å². The number of nitrogens with one attached hydrogen (secondary N) is 1. The van der Waals surface area contributed by atoms with Crippen molar-refractivity contribution in [3.8, 4) is 11.1 Å². The van der Waals surface area contributed by atoms with E-state index in [1.165, 1.54) is 0 Å². The molecule has 0 saturated heterocycles. The number of aryl methyl sites for hydroxylation is 2. The summed E-state index contributed by atoms with van der Waals surface area (Å²) < 4.78 is 5.39. The van der Waals surface area contributed by atoms with Crippen LogP contribution in [0.2, 0.25) is 0 Å². The van der Waals surface area contributed by atoms with Gasteiger partial charge in [-0.1, -0.05) is 45.0 Å². The second-order valence-corrected chi connectivity index (χ2v) is 8.01. The van der Waals surface area contributed by atoms with Gasteiger partial charge in [0.15, 0.2) is 0 Å². The fourth-order valence-corrected chi connectivity index (χ4v) is 3.70. The van der Waals surface area contributed by atoms with Crippen LogP contribution >= 0.6 is 0 Å². The number of aromatic carboxylic acids is 1. The van der Waals surface area contributed by atoms with Gasteiger partial charge in [-0.15, -0.1) is 0 Å². The molecule has 0 fully saturated rings. The number of aromatic nitrogens is 1. The molecule has 0 saturated carbocycles. The molecule has 0 radical (unpaired) electrons. The number of rotatable bonds is 6. The molecule has 1 aromatic heterocycles. The van der Waals surface area contributed by atoms with Crippen LogP contribution in [0.15, 0.2) is 40.9 Å². The number of carbonyl (C=O) groups is 1. The molecule has 0 atom stereocenters. The molecule has 0 amide bonds. The van der Waals surface area contributed by atoms with Crippen molar-refractivity contribution >= 4 is 17.3 Å². The van der Waals surface area contributed by atoms with Crippen molar-refractivity contribution in [2.75, 3.05) is 5.32 Å². The fraction of sp³-hybridized carbons (Fsp3) is 0.333. The predicted molar refractivity (Wildman–Crippen MR) is 116 cm³/mol. The zero-order valence-corrected chi connectivity index (χ0v) is 17.8. The van der Waals surface area contributed by atoms with E-state index in [9.17, 15) is 9.90 Å². The van der Waals surface area contributed by atoms with Gasteiger partial charge in [0.1, 0.15) is 5.76 Å². The number of hydrogen-bond donors (Lipinski definition) is 2. The molecular weight excluding hydrogens is 364 g/mol. The van der Waals surface area contributed by atoms with Gasteiger partial charge in [0, 0.05) is 11.3 Å². The Balaban J connectivity index is 2.23. The molecule has 5 heteroatoms. The van der Waals surface area contributed by atoms with Crippen LogP contribution in [0.4, 0.5) is 11.4 Å². The van der Waals surface area contributed by atoms with Gasteiger partial charge in [0.2, 0.25) is 0 Å². The van der Waals surface area contributed by atoms with E-state index < -0.39 is 5.97 Å². The predicted octanol–water partition coefficient (Wildman–Crippen LogP) is 6.65. The molecule has 5 nitrogen and oxygen atoms in total. The second-order valence-electron chi connectivity index (χ2n) is 8.01. The van der Waals surface area contributed by atoms with Crippen LogP contribution in [0.3, 0.4) is 0 Å². The zero-order valence-electron chi connectivity index (χ0n) is 17.8. The first-order valence-electron chi connectivity index (χ1n) is 9.91. The van der Waals surface area contributed by atoms with Crippen molar-refractivity contribution < 1.29 is 14.4 Å². The summed E-state index contributed by atoms with van der Waals surface area (Å²) in [7, 11) is 0. The molecule has 0 unspecified atom stereocenters. The Hall–Kier alpha value is -3.08. The van der Waals surface area contributed by atoms with Crippen molar-refractivity contribution in [3.05, 3.63) is 64.5 Å². The van der Waals surface area contributed by atoms with Gasteiger partial charge < -0.3 is 14.9 Å². The van der Waals surface area contributed by atoms with E-state index in [0.29, 0.717) is 5.69 Å². The third kappa shape index (κ3) is 4.04. The number of carboxylic acids is 1. The highest BCUT2D eigenvalue weighted by molar-refractivity contribution is 5.95. The van der Waals surface area contributed by atoms with Gasteiger partial charge in [0.25, 0.3) is 0 Å². The molecule has 3 aromatic rings. The Morgan fingerprint density at radius 2 is 1.62 bits per heavy atom. The first-order chi connectivity index (χ1) is 13.7. The van der Waals surface area contributed by atoms with Crippen LogP contribution in [0.25, 0.3) is 11.1 Å². The van der Waals surface area contributed by atoms with E-state index in [1.807, 2.05) is 19.9 Å². The lowest BCUT2D eigenvalue weighted by molar-refractivity contribution is 0.0698. The minimum absolute atomic E-state index is 0.243. The monoisotopic (exact) mass is 392 g/mol. The maximum absolute atomic E-state index is 11.7. The summed E-state index contributed by atoms with van der Waals surface area (Å²) in [5.41, 5.74) is 7.04. The largest absolute Gasteiger partial charge is 0.478 e. The van der Waals surface area contributed by atoms with Gasteiger partial charge in [-0.25, -0.2) is 4.79 Å². The minimum Gasteiger partial charge on any atom is -0.478 e. The average Bonchev–Trinajstić information content (AvgIpc) is 3.00. The van der Waals surface area contributed by atoms with E-state index in [4.69, 9.17) is 4.52 Å². The van der Waals surface area contributed by atoms with E-state index in [0.717, 1.165) is 39.4 Å². The summed E-state index contributed by atoms with van der Waals surface area (Å²) in [6, 6.07) is 11.3. The highest BCUT2D eigenvalue weighted by atomic mass is 16.5. The second kappa shape index (κ2) is 8.11. The zero-order chi connectivity index (χ0) is 21.3. The van der Waals surface area contributed by atoms with Crippen molar-refractivity contribution in [2.45, 2.75) is 53.4 Å². The summed E-state index contributed by atoms with van der Waals surface area (Å²) in [5, 5.41) is 17.1. The van der Waals surface area contributed by atoms with Gasteiger partial charge in [-0.05, 0) is 66.6 Å². The SMILES string of the molecule is Cc1noc(C)c1-c1cc(C(C)C)c(Nc2ccccc2C(=O)O)c(C(C)C)c1. The van der Waals surface area contributed by atoms with E-state index in [-0.39, 0.29) is 17.4 Å². The fourth-order valence-electron chi connectivity index (χ4n) is 3.70. The van der Waals surface area contributed by atoms with Crippen molar-refractivity contribution in [3.63, 3.8) is 0 Å². The molecule has 152 valence electrons. The quantitative estimate of drug-likeness (QED) is 0.491. The first-order valence-corrected chi connectivity index (χ1v) is 9.91. The lowest BCUT2D eigenvalue weighted by Gasteiger charge is -2.23.